The lowest BCUT2D eigenvalue weighted by Gasteiger charge is -2.08. The molecule has 26 heavy (non-hydrogen) atoms. The van der Waals surface area contributed by atoms with E-state index >= 15 is 0 Å². The Bertz CT molecular complexity index is 1100. The van der Waals surface area contributed by atoms with E-state index in [9.17, 15) is 22.8 Å². The van der Waals surface area contributed by atoms with Gasteiger partial charge in [0.2, 0.25) is 11.6 Å². The van der Waals surface area contributed by atoms with Crippen LogP contribution in [0.15, 0.2) is 36.7 Å². The fourth-order valence-electron chi connectivity index (χ4n) is 2.89. The summed E-state index contributed by atoms with van der Waals surface area (Å²) in [6.07, 6.45) is 3.03. The molecule has 0 unspecified atom stereocenters. The first-order valence-electron chi connectivity index (χ1n) is 7.30. The number of rotatable bonds is 1. The number of hydrogen-bond donors (Lipinski definition) is 0. The van der Waals surface area contributed by atoms with Gasteiger partial charge in [-0.25, -0.2) is 13.8 Å². The van der Waals surface area contributed by atoms with Gasteiger partial charge >= 0.3 is 0 Å². The number of nitrogens with zero attached hydrogens (tertiary/aromatic N) is 4. The summed E-state index contributed by atoms with van der Waals surface area (Å²) in [5.41, 5.74) is 0.569. The third-order valence-corrected chi connectivity index (χ3v) is 3.96. The van der Waals surface area contributed by atoms with E-state index in [2.05, 4.69) is 15.0 Å². The lowest BCUT2D eigenvalue weighted by atomic mass is 9.97. The zero-order valence-electron chi connectivity index (χ0n) is 12.8. The molecule has 4 nitrogen and oxygen atoms in total. The summed E-state index contributed by atoms with van der Waals surface area (Å²) in [5, 5.41) is 9.57. The smallest absolute Gasteiger partial charge is 0.252 e. The molecule has 0 spiro atoms. The van der Waals surface area contributed by atoms with Crippen molar-refractivity contribution in [1.29, 1.82) is 5.26 Å². The first-order valence-corrected chi connectivity index (χ1v) is 7.30. The molecule has 3 aromatic rings. The molecule has 0 radical (unpaired) electrons. The molecular formula is C18H6F4N4. The Morgan fingerprint density at radius 1 is 0.846 bits per heavy atom. The van der Waals surface area contributed by atoms with Crippen LogP contribution in [-0.2, 0) is 0 Å². The van der Waals surface area contributed by atoms with Crippen molar-refractivity contribution < 1.29 is 17.6 Å². The topological polar surface area (TPSA) is 62.5 Å². The molecule has 1 aliphatic rings. The lowest BCUT2D eigenvalue weighted by molar-refractivity contribution is 0.389. The largest absolute Gasteiger partial charge is 0.254 e. The Hall–Kier alpha value is -3.60. The van der Waals surface area contributed by atoms with E-state index in [-0.39, 0.29) is 5.57 Å². The van der Waals surface area contributed by atoms with E-state index in [0.717, 1.165) is 0 Å². The van der Waals surface area contributed by atoms with Crippen molar-refractivity contribution in [2.45, 2.75) is 0 Å². The first kappa shape index (κ1) is 15.9. The van der Waals surface area contributed by atoms with E-state index in [1.165, 1.54) is 12.4 Å². The Morgan fingerprint density at radius 2 is 1.42 bits per heavy atom. The molecule has 0 saturated heterocycles. The van der Waals surface area contributed by atoms with E-state index in [0.29, 0.717) is 22.5 Å². The molecule has 4 rings (SSSR count). The fourth-order valence-corrected chi connectivity index (χ4v) is 2.89. The van der Waals surface area contributed by atoms with E-state index < -0.39 is 34.7 Å². The quantitative estimate of drug-likeness (QED) is 0.296. The number of hydrogen-bond acceptors (Lipinski definition) is 4. The highest BCUT2D eigenvalue weighted by Crippen LogP contribution is 2.45. The van der Waals surface area contributed by atoms with Crippen molar-refractivity contribution in [2.24, 2.45) is 0 Å². The molecule has 0 fully saturated rings. The van der Waals surface area contributed by atoms with E-state index in [4.69, 9.17) is 0 Å². The standard InChI is InChI=1S/C18H6F4N4/c19-12-13(20)15(26-18(22)14(12)21)10(7-23)11-8-3-1-5-24-16(8)17-9(11)4-2-6-25-17/h1-6H. The minimum Gasteiger partial charge on any atom is -0.254 e. The van der Waals surface area contributed by atoms with Gasteiger partial charge in [0.05, 0.1) is 17.0 Å². The van der Waals surface area contributed by atoms with Crippen LogP contribution in [0.4, 0.5) is 17.6 Å². The Labute approximate surface area is 144 Å². The molecule has 0 bridgehead atoms. The highest BCUT2D eigenvalue weighted by molar-refractivity contribution is 6.11. The SMILES string of the molecule is N#CC(=C1c2cccnc2-c2ncccc21)c1nc(F)c(F)c(F)c1F. The molecule has 0 saturated carbocycles. The maximum Gasteiger partial charge on any atom is 0.252 e. The Balaban J connectivity index is 2.13. The maximum absolute atomic E-state index is 14.2. The van der Waals surface area contributed by atoms with Crippen LogP contribution in [0.1, 0.15) is 16.8 Å². The van der Waals surface area contributed by atoms with Crippen LogP contribution in [0, 0.1) is 34.7 Å². The minimum absolute atomic E-state index is 0.176. The van der Waals surface area contributed by atoms with Crippen LogP contribution in [-0.4, -0.2) is 15.0 Å². The molecular weight excluding hydrogens is 348 g/mol. The van der Waals surface area contributed by atoms with Gasteiger partial charge in [-0.05, 0) is 12.1 Å². The summed E-state index contributed by atoms with van der Waals surface area (Å²) >= 11 is 0. The molecule has 126 valence electrons. The predicted octanol–water partition coefficient (Wildman–Crippen LogP) is 3.89. The molecule has 0 aliphatic heterocycles. The van der Waals surface area contributed by atoms with Gasteiger partial charge in [-0.2, -0.15) is 14.0 Å². The van der Waals surface area contributed by atoms with Gasteiger partial charge < -0.3 is 0 Å². The molecule has 0 aromatic carbocycles. The van der Waals surface area contributed by atoms with Gasteiger partial charge in [0.15, 0.2) is 5.82 Å². The molecule has 1 aliphatic carbocycles. The number of fused-ring (bicyclic) bond motifs is 3. The number of aromatic nitrogens is 3. The average Bonchev–Trinajstić information content (AvgIpc) is 3.00. The van der Waals surface area contributed by atoms with Crippen molar-refractivity contribution in [3.8, 4) is 17.5 Å². The molecule has 0 amide bonds. The zero-order chi connectivity index (χ0) is 18.4. The fraction of sp³-hybridized carbons (Fsp3) is 0. The van der Waals surface area contributed by atoms with Crippen molar-refractivity contribution in [3.05, 3.63) is 76.9 Å². The minimum atomic E-state index is -2.04. The highest BCUT2D eigenvalue weighted by Gasteiger charge is 2.32. The van der Waals surface area contributed by atoms with Crippen molar-refractivity contribution >= 4 is 11.1 Å². The zero-order valence-corrected chi connectivity index (χ0v) is 12.8. The van der Waals surface area contributed by atoms with Gasteiger partial charge in [0.1, 0.15) is 11.8 Å². The average molecular weight is 354 g/mol. The molecule has 8 heteroatoms. The van der Waals surface area contributed by atoms with Gasteiger partial charge in [-0.3, -0.25) is 9.97 Å². The third-order valence-electron chi connectivity index (χ3n) is 3.96. The normalized spacial score (nSPS) is 11.7. The molecule has 3 aromatic heterocycles. The highest BCUT2D eigenvalue weighted by atomic mass is 19.2. The van der Waals surface area contributed by atoms with Gasteiger partial charge in [0.25, 0.3) is 5.95 Å². The summed E-state index contributed by atoms with van der Waals surface area (Å²) < 4.78 is 54.6. The monoisotopic (exact) mass is 354 g/mol. The molecule has 0 atom stereocenters. The first-order chi connectivity index (χ1) is 12.5. The summed E-state index contributed by atoms with van der Waals surface area (Å²) in [6, 6.07) is 8.14. The van der Waals surface area contributed by atoms with E-state index in [1.54, 1.807) is 30.3 Å². The number of allylic oxidation sites excluding steroid dienone is 1. The maximum atomic E-state index is 14.2. The van der Waals surface area contributed by atoms with Crippen LogP contribution in [0.25, 0.3) is 22.5 Å². The van der Waals surface area contributed by atoms with Gasteiger partial charge in [-0.1, -0.05) is 12.1 Å². The second-order valence-electron chi connectivity index (χ2n) is 5.35. The number of pyridine rings is 3. The van der Waals surface area contributed by atoms with Gasteiger partial charge in [0, 0.05) is 29.1 Å². The summed E-state index contributed by atoms with van der Waals surface area (Å²) in [7, 11) is 0. The van der Waals surface area contributed by atoms with Crippen LogP contribution >= 0.6 is 0 Å². The Kier molecular flexibility index (Phi) is 3.51. The lowest BCUT2D eigenvalue weighted by Crippen LogP contribution is -2.06. The van der Waals surface area contributed by atoms with Crippen molar-refractivity contribution in [1.82, 2.24) is 15.0 Å². The molecule has 0 N–H and O–H groups in total. The third kappa shape index (κ3) is 2.10. The number of nitriles is 1. The Morgan fingerprint density at radius 3 is 1.96 bits per heavy atom. The number of halogens is 4. The van der Waals surface area contributed by atoms with Crippen molar-refractivity contribution in [3.63, 3.8) is 0 Å². The van der Waals surface area contributed by atoms with Crippen molar-refractivity contribution in [2.75, 3.05) is 0 Å². The summed E-state index contributed by atoms with van der Waals surface area (Å²) in [4.78, 5) is 11.5. The van der Waals surface area contributed by atoms with Gasteiger partial charge in [-0.15, -0.1) is 0 Å². The summed E-state index contributed by atoms with van der Waals surface area (Å²) in [5.74, 6) is -7.64. The van der Waals surface area contributed by atoms with Crippen LogP contribution in [0.3, 0.4) is 0 Å². The predicted molar refractivity (Wildman–Crippen MR) is 83.1 cm³/mol. The van der Waals surface area contributed by atoms with Crippen LogP contribution in [0.5, 0.6) is 0 Å². The summed E-state index contributed by atoms with van der Waals surface area (Å²) in [6.45, 7) is 0. The van der Waals surface area contributed by atoms with Crippen LogP contribution < -0.4 is 0 Å². The second-order valence-corrected chi connectivity index (χ2v) is 5.35. The van der Waals surface area contributed by atoms with Crippen LogP contribution in [0.2, 0.25) is 0 Å². The molecule has 3 heterocycles. The second kappa shape index (κ2) is 5.74. The van der Waals surface area contributed by atoms with E-state index in [1.807, 2.05) is 0 Å².